The van der Waals surface area contributed by atoms with E-state index in [1.54, 1.807) is 47.4 Å². The number of benzene rings is 2. The molecule has 0 fully saturated rings. The van der Waals surface area contributed by atoms with Crippen molar-refractivity contribution in [2.75, 3.05) is 7.11 Å². The van der Waals surface area contributed by atoms with Crippen molar-refractivity contribution in [2.45, 2.75) is 13.2 Å². The highest BCUT2D eigenvalue weighted by Crippen LogP contribution is 2.23. The Morgan fingerprint density at radius 3 is 2.73 bits per heavy atom. The lowest BCUT2D eigenvalue weighted by molar-refractivity contribution is 0.0597. The van der Waals surface area contributed by atoms with Crippen LogP contribution < -0.4 is 4.74 Å². The number of nitrogens with zero attached hydrogens (tertiary/aromatic N) is 2. The van der Waals surface area contributed by atoms with Gasteiger partial charge in [-0.3, -0.25) is 4.68 Å². The first-order chi connectivity index (χ1) is 12.6. The Hall–Kier alpha value is -2.86. The van der Waals surface area contributed by atoms with E-state index >= 15 is 0 Å². The van der Waals surface area contributed by atoms with E-state index in [2.05, 4.69) is 5.10 Å². The molecular formula is C19H16ClFN2O3. The second-order valence-electron chi connectivity index (χ2n) is 5.55. The van der Waals surface area contributed by atoms with Crippen LogP contribution in [0.2, 0.25) is 5.02 Å². The van der Waals surface area contributed by atoms with Crippen molar-refractivity contribution in [1.29, 1.82) is 0 Å². The number of aromatic nitrogens is 2. The largest absolute Gasteiger partial charge is 0.486 e. The molecule has 0 aliphatic carbocycles. The van der Waals surface area contributed by atoms with Gasteiger partial charge in [0.05, 0.1) is 31.6 Å². The molecule has 1 heterocycles. The van der Waals surface area contributed by atoms with Crippen LogP contribution >= 0.6 is 11.6 Å². The summed E-state index contributed by atoms with van der Waals surface area (Å²) in [5.41, 5.74) is 1.83. The summed E-state index contributed by atoms with van der Waals surface area (Å²) >= 11 is 6.18. The van der Waals surface area contributed by atoms with Crippen molar-refractivity contribution in [2.24, 2.45) is 0 Å². The van der Waals surface area contributed by atoms with E-state index in [0.717, 1.165) is 5.56 Å². The molecule has 134 valence electrons. The topological polar surface area (TPSA) is 53.4 Å². The van der Waals surface area contributed by atoms with Crippen molar-refractivity contribution in [3.63, 3.8) is 0 Å². The van der Waals surface area contributed by atoms with Crippen LogP contribution in [-0.4, -0.2) is 22.9 Å². The van der Waals surface area contributed by atoms with Gasteiger partial charge in [-0.05, 0) is 29.8 Å². The van der Waals surface area contributed by atoms with Gasteiger partial charge in [-0.2, -0.15) is 5.10 Å². The zero-order chi connectivity index (χ0) is 18.5. The van der Waals surface area contributed by atoms with E-state index < -0.39 is 5.97 Å². The fourth-order valence-corrected chi connectivity index (χ4v) is 2.67. The molecule has 0 unspecified atom stereocenters. The molecular weight excluding hydrogens is 359 g/mol. The first kappa shape index (κ1) is 17.9. The Balaban J connectivity index is 1.69. The van der Waals surface area contributed by atoms with E-state index in [9.17, 15) is 9.18 Å². The number of methoxy groups -OCH3 is 1. The van der Waals surface area contributed by atoms with E-state index in [4.69, 9.17) is 21.1 Å². The van der Waals surface area contributed by atoms with Gasteiger partial charge >= 0.3 is 5.97 Å². The van der Waals surface area contributed by atoms with Crippen molar-refractivity contribution in [3.8, 4) is 5.75 Å². The molecule has 5 nitrogen and oxygen atoms in total. The molecule has 0 atom stereocenters. The number of rotatable bonds is 6. The molecule has 1 aromatic heterocycles. The zero-order valence-corrected chi connectivity index (χ0v) is 14.7. The highest BCUT2D eigenvalue weighted by molar-refractivity contribution is 6.31. The van der Waals surface area contributed by atoms with Crippen LogP contribution in [0.25, 0.3) is 0 Å². The normalized spacial score (nSPS) is 10.6. The molecule has 0 radical (unpaired) electrons. The third kappa shape index (κ3) is 4.21. The second-order valence-corrected chi connectivity index (χ2v) is 5.95. The van der Waals surface area contributed by atoms with Gasteiger partial charge in [-0.1, -0.05) is 29.8 Å². The quantitative estimate of drug-likeness (QED) is 0.610. The Morgan fingerprint density at radius 2 is 2.00 bits per heavy atom. The monoisotopic (exact) mass is 374 g/mol. The summed E-state index contributed by atoms with van der Waals surface area (Å²) < 4.78 is 25.1. The predicted octanol–water partition coefficient (Wildman–Crippen LogP) is 4.09. The van der Waals surface area contributed by atoms with Crippen LogP contribution in [0.4, 0.5) is 4.39 Å². The molecule has 26 heavy (non-hydrogen) atoms. The van der Waals surface area contributed by atoms with Crippen molar-refractivity contribution < 1.29 is 18.7 Å². The summed E-state index contributed by atoms with van der Waals surface area (Å²) in [4.78, 5) is 11.8. The van der Waals surface area contributed by atoms with Gasteiger partial charge in [-0.15, -0.1) is 0 Å². The van der Waals surface area contributed by atoms with E-state index in [1.165, 1.54) is 19.2 Å². The van der Waals surface area contributed by atoms with Crippen LogP contribution in [-0.2, 0) is 17.9 Å². The molecule has 0 aliphatic heterocycles. The predicted molar refractivity (Wildman–Crippen MR) is 94.9 cm³/mol. The molecule has 3 aromatic rings. The number of carbonyl (C=O) groups excluding carboxylic acids is 1. The van der Waals surface area contributed by atoms with Gasteiger partial charge in [0.1, 0.15) is 12.4 Å². The Bertz CT molecular complexity index is 909. The maximum absolute atomic E-state index is 13.0. The van der Waals surface area contributed by atoms with Crippen molar-refractivity contribution >= 4 is 17.6 Å². The lowest BCUT2D eigenvalue weighted by atomic mass is 10.1. The van der Waals surface area contributed by atoms with Gasteiger partial charge in [0, 0.05) is 10.6 Å². The third-order valence-corrected chi connectivity index (χ3v) is 4.13. The first-order valence-electron chi connectivity index (χ1n) is 7.82. The minimum atomic E-state index is -0.474. The molecule has 0 bridgehead atoms. The SMILES string of the molecule is COC(=O)c1cccc(Cl)c1COc1cnn(Cc2ccc(F)cc2)c1. The van der Waals surface area contributed by atoms with Crippen LogP contribution in [0.3, 0.4) is 0 Å². The summed E-state index contributed by atoms with van der Waals surface area (Å²) in [6.07, 6.45) is 3.29. The molecule has 3 rings (SSSR count). The van der Waals surface area contributed by atoms with Gasteiger partial charge in [0.2, 0.25) is 0 Å². The molecule has 0 N–H and O–H groups in total. The van der Waals surface area contributed by atoms with Crippen molar-refractivity contribution in [1.82, 2.24) is 9.78 Å². The van der Waals surface area contributed by atoms with Gasteiger partial charge in [0.25, 0.3) is 0 Å². The summed E-state index contributed by atoms with van der Waals surface area (Å²) in [6.45, 7) is 0.593. The molecule has 0 saturated carbocycles. The third-order valence-electron chi connectivity index (χ3n) is 3.77. The fraction of sp³-hybridized carbons (Fsp3) is 0.158. The maximum atomic E-state index is 13.0. The van der Waals surface area contributed by atoms with E-state index in [-0.39, 0.29) is 12.4 Å². The molecule has 0 saturated heterocycles. The average molecular weight is 375 g/mol. The molecule has 0 amide bonds. The van der Waals surface area contributed by atoms with Gasteiger partial charge in [-0.25, -0.2) is 9.18 Å². The van der Waals surface area contributed by atoms with Gasteiger partial charge in [0.15, 0.2) is 5.75 Å². The van der Waals surface area contributed by atoms with E-state index in [0.29, 0.717) is 28.4 Å². The minimum absolute atomic E-state index is 0.104. The zero-order valence-electron chi connectivity index (χ0n) is 14.0. The number of carbonyl (C=O) groups is 1. The molecule has 0 aliphatic rings. The smallest absolute Gasteiger partial charge is 0.338 e. The molecule has 0 spiro atoms. The second kappa shape index (κ2) is 8.01. The summed E-state index contributed by atoms with van der Waals surface area (Å²) in [5.74, 6) is -0.222. The summed E-state index contributed by atoms with van der Waals surface area (Å²) in [5, 5.41) is 4.64. The Morgan fingerprint density at radius 1 is 1.23 bits per heavy atom. The van der Waals surface area contributed by atoms with Crippen LogP contribution in [0.5, 0.6) is 5.75 Å². The minimum Gasteiger partial charge on any atom is -0.486 e. The highest BCUT2D eigenvalue weighted by Gasteiger charge is 2.15. The van der Waals surface area contributed by atoms with Crippen LogP contribution in [0.1, 0.15) is 21.5 Å². The van der Waals surface area contributed by atoms with Crippen LogP contribution in [0, 0.1) is 5.82 Å². The lowest BCUT2D eigenvalue weighted by Gasteiger charge is -2.10. The lowest BCUT2D eigenvalue weighted by Crippen LogP contribution is -2.08. The number of hydrogen-bond acceptors (Lipinski definition) is 4. The summed E-state index contributed by atoms with van der Waals surface area (Å²) in [6, 6.07) is 11.2. The molecule has 2 aromatic carbocycles. The highest BCUT2D eigenvalue weighted by atomic mass is 35.5. The first-order valence-corrected chi connectivity index (χ1v) is 8.20. The number of ether oxygens (including phenoxy) is 2. The number of halogens is 2. The maximum Gasteiger partial charge on any atom is 0.338 e. The Labute approximate surface area is 154 Å². The van der Waals surface area contributed by atoms with Crippen LogP contribution in [0.15, 0.2) is 54.9 Å². The standard InChI is InChI=1S/C19H16ClFN2O3/c1-25-19(24)16-3-2-4-18(20)17(16)12-26-15-9-22-23(11-15)10-13-5-7-14(21)8-6-13/h2-9,11H,10,12H2,1H3. The summed E-state index contributed by atoms with van der Waals surface area (Å²) in [7, 11) is 1.31. The molecule has 7 heteroatoms. The number of hydrogen-bond donors (Lipinski definition) is 0. The van der Waals surface area contributed by atoms with Gasteiger partial charge < -0.3 is 9.47 Å². The van der Waals surface area contributed by atoms with Crippen molar-refractivity contribution in [3.05, 3.63) is 82.4 Å². The Kier molecular flexibility index (Phi) is 5.53. The fourth-order valence-electron chi connectivity index (χ4n) is 2.44. The average Bonchev–Trinajstić information content (AvgIpc) is 3.09. The number of esters is 1. The van der Waals surface area contributed by atoms with E-state index in [1.807, 2.05) is 0 Å².